The highest BCUT2D eigenvalue weighted by atomic mass is 32.2. The molecule has 0 aliphatic rings. The van der Waals surface area contributed by atoms with Gasteiger partial charge in [-0.25, -0.2) is 0 Å². The van der Waals surface area contributed by atoms with Crippen molar-refractivity contribution in [3.8, 4) is 0 Å². The van der Waals surface area contributed by atoms with Gasteiger partial charge in [0.15, 0.2) is 0 Å². The monoisotopic (exact) mass is 302 g/mol. The molecule has 17 heavy (non-hydrogen) atoms. The predicted octanol–water partition coefficient (Wildman–Crippen LogP) is 1.54. The summed E-state index contributed by atoms with van der Waals surface area (Å²) in [6.07, 6.45) is 7.45. The Hall–Kier alpha value is 0.650. The van der Waals surface area contributed by atoms with Crippen LogP contribution in [0.15, 0.2) is 0 Å². The van der Waals surface area contributed by atoms with Crippen LogP contribution in [0.1, 0.15) is 13.8 Å². The second-order valence-electron chi connectivity index (χ2n) is 6.26. The molecule has 0 spiro atoms. The molecule has 0 aliphatic carbocycles. The molecule has 0 aromatic rings. The number of thiol groups is 2. The molecule has 5 heteroatoms. The van der Waals surface area contributed by atoms with Crippen molar-refractivity contribution in [1.82, 2.24) is 0 Å². The Balaban J connectivity index is 3.77. The molecule has 0 aliphatic heterocycles. The molecule has 2 nitrogen and oxygen atoms in total. The van der Waals surface area contributed by atoms with Crippen molar-refractivity contribution in [1.29, 1.82) is 0 Å². The van der Waals surface area contributed by atoms with E-state index in [4.69, 9.17) is 0 Å². The Morgan fingerprint density at radius 1 is 0.824 bits per heavy atom. The van der Waals surface area contributed by atoms with E-state index < -0.39 is 19.9 Å². The van der Waals surface area contributed by atoms with E-state index in [2.05, 4.69) is 13.8 Å². The van der Waals surface area contributed by atoms with E-state index in [1.165, 1.54) is 0 Å². The summed E-state index contributed by atoms with van der Waals surface area (Å²) in [5, 5.41) is 0. The molecule has 0 saturated carbocycles. The molecule has 108 valence electrons. The Kier molecular flexibility index (Phi) is 7.57. The smallest absolute Gasteiger partial charge is 0.00413 e. The second kappa shape index (κ2) is 7.29. The molecule has 0 N–H and O–H groups in total. The van der Waals surface area contributed by atoms with Crippen LogP contribution in [0.25, 0.3) is 0 Å². The Bertz CT molecular complexity index is 273. The van der Waals surface area contributed by atoms with Gasteiger partial charge in [0.1, 0.15) is 0 Å². The summed E-state index contributed by atoms with van der Waals surface area (Å²) in [5.74, 6) is 4.84. The summed E-state index contributed by atoms with van der Waals surface area (Å²) in [6.45, 7) is 4.34. The predicted molar refractivity (Wildman–Crippen MR) is 88.2 cm³/mol. The third kappa shape index (κ3) is 12.9. The van der Waals surface area contributed by atoms with Gasteiger partial charge in [-0.15, -0.1) is 19.9 Å². The average Bonchev–Trinajstić information content (AvgIpc) is 1.95. The van der Waals surface area contributed by atoms with E-state index in [1.54, 1.807) is 0 Å². The molecule has 0 fully saturated rings. The first-order valence-electron chi connectivity index (χ1n) is 6.15. The second-order valence-corrected chi connectivity index (χ2v) is 14.4. The molecule has 0 aromatic carbocycles. The third-order valence-electron chi connectivity index (χ3n) is 2.31. The SMILES string of the molecule is CC(CSCC(C)C[SH](C)(C)=O)C[SH](C)(C)=O. The van der Waals surface area contributed by atoms with Crippen molar-refractivity contribution in [3.63, 3.8) is 0 Å². The van der Waals surface area contributed by atoms with Gasteiger partial charge in [-0.1, -0.05) is 13.8 Å². The van der Waals surface area contributed by atoms with Crippen molar-refractivity contribution >= 4 is 31.6 Å². The van der Waals surface area contributed by atoms with Gasteiger partial charge in [0, 0.05) is 11.5 Å². The quantitative estimate of drug-likeness (QED) is 0.668. The van der Waals surface area contributed by atoms with Gasteiger partial charge in [-0.2, -0.15) is 11.8 Å². The molecule has 0 bridgehead atoms. The van der Waals surface area contributed by atoms with E-state index >= 15 is 0 Å². The maximum atomic E-state index is 11.7. The fourth-order valence-electron chi connectivity index (χ4n) is 2.08. The fourth-order valence-corrected chi connectivity index (χ4v) is 6.86. The molecule has 0 rings (SSSR count). The minimum atomic E-state index is -1.88. The van der Waals surface area contributed by atoms with Crippen LogP contribution in [-0.2, 0) is 19.9 Å². The summed E-state index contributed by atoms with van der Waals surface area (Å²) in [5.41, 5.74) is 0. The largest absolute Gasteiger partial charge is 0.285 e. The average molecular weight is 303 g/mol. The highest BCUT2D eigenvalue weighted by Crippen LogP contribution is 2.16. The van der Waals surface area contributed by atoms with Gasteiger partial charge in [-0.3, -0.25) is 8.42 Å². The summed E-state index contributed by atoms with van der Waals surface area (Å²) in [7, 11) is -3.75. The molecule has 2 unspecified atom stereocenters. The first-order valence-corrected chi connectivity index (χ1v) is 12.9. The molecular weight excluding hydrogens is 272 g/mol. The molecule has 2 atom stereocenters. The standard InChI is InChI=1S/C12H30O2S3/c1-11(9-16(3,4)13)7-15-8-12(2)10-17(5,6)14/h11-12,16-17H,7-10H2,1-6H3. The summed E-state index contributed by atoms with van der Waals surface area (Å²) in [4.78, 5) is 0. The first kappa shape index (κ1) is 17.6. The van der Waals surface area contributed by atoms with Gasteiger partial charge in [-0.05, 0) is 48.4 Å². The normalized spacial score (nSPS) is 18.7. The zero-order valence-electron chi connectivity index (χ0n) is 12.1. The van der Waals surface area contributed by atoms with Crippen LogP contribution >= 0.6 is 11.8 Å². The Labute approximate surface area is 114 Å². The van der Waals surface area contributed by atoms with Gasteiger partial charge >= 0.3 is 0 Å². The van der Waals surface area contributed by atoms with Crippen LogP contribution in [-0.4, -0.2) is 56.5 Å². The summed E-state index contributed by atoms with van der Waals surface area (Å²) in [6, 6.07) is 0. The molecule has 0 radical (unpaired) electrons. The van der Waals surface area contributed by atoms with Crippen LogP contribution in [0.4, 0.5) is 0 Å². The van der Waals surface area contributed by atoms with E-state index in [0.29, 0.717) is 11.8 Å². The van der Waals surface area contributed by atoms with E-state index in [1.807, 2.05) is 36.8 Å². The van der Waals surface area contributed by atoms with Crippen LogP contribution < -0.4 is 0 Å². The van der Waals surface area contributed by atoms with Gasteiger partial charge < -0.3 is 0 Å². The summed E-state index contributed by atoms with van der Waals surface area (Å²) < 4.78 is 23.3. The van der Waals surface area contributed by atoms with Crippen molar-refractivity contribution < 1.29 is 8.42 Å². The lowest BCUT2D eigenvalue weighted by Gasteiger charge is -2.20. The van der Waals surface area contributed by atoms with Crippen molar-refractivity contribution in [2.24, 2.45) is 11.8 Å². The minimum absolute atomic E-state index is 0.517. The lowest BCUT2D eigenvalue weighted by molar-refractivity contribution is 0.659. The Morgan fingerprint density at radius 3 is 1.35 bits per heavy atom. The van der Waals surface area contributed by atoms with Crippen LogP contribution in [0.3, 0.4) is 0 Å². The molecule has 0 amide bonds. The van der Waals surface area contributed by atoms with Gasteiger partial charge in [0.25, 0.3) is 0 Å². The third-order valence-corrected chi connectivity index (χ3v) is 6.92. The molecule has 0 heterocycles. The number of hydrogen-bond donors (Lipinski definition) is 2. The van der Waals surface area contributed by atoms with Crippen LogP contribution in [0.5, 0.6) is 0 Å². The fraction of sp³-hybridized carbons (Fsp3) is 1.00. The van der Waals surface area contributed by atoms with Crippen LogP contribution in [0, 0.1) is 11.8 Å². The van der Waals surface area contributed by atoms with Crippen molar-refractivity contribution in [2.45, 2.75) is 13.8 Å². The number of thioether (sulfide) groups is 1. The molecular formula is C12H30O2S3. The maximum absolute atomic E-state index is 11.7. The zero-order valence-corrected chi connectivity index (χ0v) is 14.7. The van der Waals surface area contributed by atoms with E-state index in [9.17, 15) is 8.42 Å². The number of rotatable bonds is 8. The molecule has 0 saturated heterocycles. The lowest BCUT2D eigenvalue weighted by Crippen LogP contribution is -2.22. The van der Waals surface area contributed by atoms with E-state index in [-0.39, 0.29) is 0 Å². The minimum Gasteiger partial charge on any atom is -0.285 e. The lowest BCUT2D eigenvalue weighted by atomic mass is 10.3. The van der Waals surface area contributed by atoms with Gasteiger partial charge in [0.05, 0.1) is 0 Å². The van der Waals surface area contributed by atoms with Crippen molar-refractivity contribution in [2.75, 3.05) is 48.0 Å². The topological polar surface area (TPSA) is 34.1 Å². The van der Waals surface area contributed by atoms with E-state index in [0.717, 1.165) is 23.0 Å². The Morgan fingerprint density at radius 2 is 1.12 bits per heavy atom. The highest BCUT2D eigenvalue weighted by Gasteiger charge is 2.12. The number of hydrogen-bond acceptors (Lipinski definition) is 3. The van der Waals surface area contributed by atoms with Crippen LogP contribution in [0.2, 0.25) is 0 Å². The zero-order chi connectivity index (χ0) is 13.7. The highest BCUT2D eigenvalue weighted by molar-refractivity contribution is 8.02. The van der Waals surface area contributed by atoms with Crippen molar-refractivity contribution in [3.05, 3.63) is 0 Å². The first-order chi connectivity index (χ1) is 7.49. The van der Waals surface area contributed by atoms with Gasteiger partial charge in [0.2, 0.25) is 0 Å². The maximum Gasteiger partial charge on any atom is 0.00413 e. The summed E-state index contributed by atoms with van der Waals surface area (Å²) >= 11 is 1.91. The molecule has 0 aromatic heterocycles.